The Morgan fingerprint density at radius 1 is 0.957 bits per heavy atom. The first-order valence-corrected chi connectivity index (χ1v) is 8.07. The molecule has 5 nitrogen and oxygen atoms in total. The minimum atomic E-state index is -0.384. The summed E-state index contributed by atoms with van der Waals surface area (Å²) in [5.41, 5.74) is 6.43. The number of hydrogen-bond donors (Lipinski definition) is 1. The van der Waals surface area contributed by atoms with Crippen molar-refractivity contribution in [1.29, 1.82) is 0 Å². The molecular formula is C18H33NO4. The Bertz CT molecular complexity index is 398. The highest BCUT2D eigenvalue weighted by molar-refractivity contribution is 5.87. The predicted octanol–water partition coefficient (Wildman–Crippen LogP) is 3.53. The van der Waals surface area contributed by atoms with E-state index in [0.29, 0.717) is 17.8 Å². The van der Waals surface area contributed by atoms with Crippen LogP contribution in [0.15, 0.2) is 24.3 Å². The van der Waals surface area contributed by atoms with Crippen molar-refractivity contribution in [3.8, 4) is 0 Å². The zero-order chi connectivity index (χ0) is 18.5. The van der Waals surface area contributed by atoms with Crippen LogP contribution in [-0.2, 0) is 19.1 Å². The molecule has 0 aromatic rings. The molecule has 0 fully saturated rings. The number of rotatable bonds is 9. The first-order chi connectivity index (χ1) is 10.6. The standard InChI is InChI=1S/C10H19NO2.C8H14O2/c1-5-10(11,6-2)7-13-9(12)8(3)4;1-4-5-6-10-8(9)7(2)3/h3,5-7,11H2,1-2,4H3;2,4-6H2,1,3H3. The summed E-state index contributed by atoms with van der Waals surface area (Å²) in [7, 11) is 0. The second-order valence-corrected chi connectivity index (χ2v) is 5.70. The first-order valence-electron chi connectivity index (χ1n) is 8.07. The summed E-state index contributed by atoms with van der Waals surface area (Å²) >= 11 is 0. The van der Waals surface area contributed by atoms with Crippen LogP contribution in [0.25, 0.3) is 0 Å². The smallest absolute Gasteiger partial charge is 0.333 e. The fourth-order valence-electron chi connectivity index (χ4n) is 1.22. The van der Waals surface area contributed by atoms with Crippen LogP contribution in [0.4, 0.5) is 0 Å². The quantitative estimate of drug-likeness (QED) is 0.398. The maximum Gasteiger partial charge on any atom is 0.333 e. The monoisotopic (exact) mass is 327 g/mol. The summed E-state index contributed by atoms with van der Waals surface area (Å²) in [6.07, 6.45) is 3.57. The van der Waals surface area contributed by atoms with Gasteiger partial charge in [-0.05, 0) is 33.1 Å². The maximum atomic E-state index is 11.0. The van der Waals surface area contributed by atoms with Crippen LogP contribution in [0.1, 0.15) is 60.3 Å². The van der Waals surface area contributed by atoms with Crippen molar-refractivity contribution in [3.63, 3.8) is 0 Å². The third kappa shape index (κ3) is 12.6. The van der Waals surface area contributed by atoms with Gasteiger partial charge in [0.25, 0.3) is 0 Å². The molecule has 23 heavy (non-hydrogen) atoms. The molecule has 2 N–H and O–H groups in total. The van der Waals surface area contributed by atoms with E-state index in [-0.39, 0.29) is 24.1 Å². The lowest BCUT2D eigenvalue weighted by atomic mass is 9.96. The van der Waals surface area contributed by atoms with Crippen molar-refractivity contribution < 1.29 is 19.1 Å². The number of carbonyl (C=O) groups is 2. The highest BCUT2D eigenvalue weighted by Crippen LogP contribution is 2.12. The first kappa shape index (κ1) is 23.6. The Labute approximate surface area is 140 Å². The van der Waals surface area contributed by atoms with Crippen molar-refractivity contribution in [3.05, 3.63) is 24.3 Å². The Morgan fingerprint density at radius 2 is 1.39 bits per heavy atom. The Balaban J connectivity index is 0. The van der Waals surface area contributed by atoms with Gasteiger partial charge in [0.15, 0.2) is 0 Å². The molecule has 0 aliphatic heterocycles. The van der Waals surface area contributed by atoms with Crippen molar-refractivity contribution in [1.82, 2.24) is 0 Å². The molecule has 0 atom stereocenters. The van der Waals surface area contributed by atoms with Crippen LogP contribution in [0.3, 0.4) is 0 Å². The second kappa shape index (κ2) is 12.9. The van der Waals surface area contributed by atoms with E-state index in [1.807, 2.05) is 13.8 Å². The van der Waals surface area contributed by atoms with E-state index in [2.05, 4.69) is 20.1 Å². The van der Waals surface area contributed by atoms with Crippen LogP contribution < -0.4 is 5.73 Å². The molecule has 0 amide bonds. The summed E-state index contributed by atoms with van der Waals surface area (Å²) < 4.78 is 9.79. The topological polar surface area (TPSA) is 78.6 Å². The molecule has 0 radical (unpaired) electrons. The van der Waals surface area contributed by atoms with E-state index in [1.165, 1.54) is 0 Å². The minimum Gasteiger partial charge on any atom is -0.462 e. The van der Waals surface area contributed by atoms with Gasteiger partial charge in [0.1, 0.15) is 6.61 Å². The SMILES string of the molecule is C=C(C)C(=O)OCC(N)(CC)CC.C=C(C)C(=O)OCCCC. The number of unbranched alkanes of at least 4 members (excludes halogenated alkanes) is 1. The average Bonchev–Trinajstić information content (AvgIpc) is 2.52. The predicted molar refractivity (Wildman–Crippen MR) is 94.0 cm³/mol. The summed E-state index contributed by atoms with van der Waals surface area (Å²) in [4.78, 5) is 21.7. The van der Waals surface area contributed by atoms with E-state index in [1.54, 1.807) is 13.8 Å². The molecule has 0 rings (SSSR count). The highest BCUT2D eigenvalue weighted by Gasteiger charge is 2.22. The van der Waals surface area contributed by atoms with E-state index in [9.17, 15) is 9.59 Å². The van der Waals surface area contributed by atoms with Gasteiger partial charge in [-0.3, -0.25) is 0 Å². The zero-order valence-corrected chi connectivity index (χ0v) is 15.4. The average molecular weight is 327 g/mol. The third-order valence-electron chi connectivity index (χ3n) is 3.33. The lowest BCUT2D eigenvalue weighted by Gasteiger charge is -2.25. The highest BCUT2D eigenvalue weighted by atomic mass is 16.5. The largest absolute Gasteiger partial charge is 0.462 e. The normalized spacial score (nSPS) is 10.2. The van der Waals surface area contributed by atoms with Crippen LogP contribution in [0.2, 0.25) is 0 Å². The van der Waals surface area contributed by atoms with Gasteiger partial charge in [0.05, 0.1) is 6.61 Å². The Hall–Kier alpha value is -1.62. The van der Waals surface area contributed by atoms with Gasteiger partial charge in [0.2, 0.25) is 0 Å². The van der Waals surface area contributed by atoms with Crippen LogP contribution in [0.5, 0.6) is 0 Å². The van der Waals surface area contributed by atoms with Gasteiger partial charge < -0.3 is 15.2 Å². The lowest BCUT2D eigenvalue weighted by Crippen LogP contribution is -2.43. The van der Waals surface area contributed by atoms with Gasteiger partial charge in [-0.15, -0.1) is 0 Å². The lowest BCUT2D eigenvalue weighted by molar-refractivity contribution is -0.141. The van der Waals surface area contributed by atoms with Gasteiger partial charge in [-0.25, -0.2) is 9.59 Å². The van der Waals surface area contributed by atoms with Crippen molar-refractivity contribution in [2.24, 2.45) is 5.73 Å². The molecule has 0 aromatic carbocycles. The molecular weight excluding hydrogens is 294 g/mol. The molecule has 0 unspecified atom stereocenters. The van der Waals surface area contributed by atoms with Gasteiger partial charge in [0, 0.05) is 16.7 Å². The van der Waals surface area contributed by atoms with Crippen molar-refractivity contribution in [2.75, 3.05) is 13.2 Å². The van der Waals surface area contributed by atoms with Crippen LogP contribution in [-0.4, -0.2) is 30.7 Å². The van der Waals surface area contributed by atoms with Crippen molar-refractivity contribution in [2.45, 2.75) is 65.8 Å². The van der Waals surface area contributed by atoms with Gasteiger partial charge in [-0.2, -0.15) is 0 Å². The van der Waals surface area contributed by atoms with E-state index < -0.39 is 0 Å². The second-order valence-electron chi connectivity index (χ2n) is 5.70. The number of ether oxygens (including phenoxy) is 2. The number of hydrogen-bond acceptors (Lipinski definition) is 5. The van der Waals surface area contributed by atoms with Crippen LogP contribution in [0, 0.1) is 0 Å². The molecule has 0 aliphatic carbocycles. The fourth-order valence-corrected chi connectivity index (χ4v) is 1.22. The summed E-state index contributed by atoms with van der Waals surface area (Å²) in [5.74, 6) is -0.648. The summed E-state index contributed by atoms with van der Waals surface area (Å²) in [5, 5.41) is 0. The number of carbonyl (C=O) groups excluding carboxylic acids is 2. The van der Waals surface area contributed by atoms with Crippen LogP contribution >= 0.6 is 0 Å². The molecule has 0 saturated carbocycles. The Kier molecular flexibility index (Phi) is 13.2. The fraction of sp³-hybridized carbons (Fsp3) is 0.667. The minimum absolute atomic E-state index is 0.270. The van der Waals surface area contributed by atoms with Crippen molar-refractivity contribution >= 4 is 11.9 Å². The molecule has 0 spiro atoms. The zero-order valence-electron chi connectivity index (χ0n) is 15.4. The Morgan fingerprint density at radius 3 is 1.74 bits per heavy atom. The van der Waals surface area contributed by atoms with E-state index in [4.69, 9.17) is 15.2 Å². The van der Waals surface area contributed by atoms with E-state index in [0.717, 1.165) is 25.7 Å². The number of esters is 2. The summed E-state index contributed by atoms with van der Waals surface area (Å²) in [6, 6.07) is 0. The molecule has 0 saturated heterocycles. The third-order valence-corrected chi connectivity index (χ3v) is 3.33. The maximum absolute atomic E-state index is 11.0. The molecule has 0 aliphatic rings. The van der Waals surface area contributed by atoms with Gasteiger partial charge in [-0.1, -0.05) is 40.3 Å². The molecule has 0 aromatic heterocycles. The molecule has 0 bridgehead atoms. The van der Waals surface area contributed by atoms with E-state index >= 15 is 0 Å². The van der Waals surface area contributed by atoms with Gasteiger partial charge >= 0.3 is 11.9 Å². The number of nitrogens with two attached hydrogens (primary N) is 1. The molecule has 134 valence electrons. The molecule has 5 heteroatoms. The summed E-state index contributed by atoms with van der Waals surface area (Å²) in [6.45, 7) is 17.0. The molecule has 0 heterocycles.